The molecule has 3 aromatic rings. The van der Waals surface area contributed by atoms with Crippen LogP contribution in [0.1, 0.15) is 33.1 Å². The van der Waals surface area contributed by atoms with Gasteiger partial charge in [-0.2, -0.15) is 0 Å². The van der Waals surface area contributed by atoms with Gasteiger partial charge in [0.15, 0.2) is 0 Å². The molecule has 1 heterocycles. The fraction of sp³-hybridized carbons (Fsp3) is 0.136. The van der Waals surface area contributed by atoms with E-state index in [0.717, 1.165) is 17.5 Å². The molecule has 4 rings (SSSR count). The third-order valence-electron chi connectivity index (χ3n) is 4.82. The van der Waals surface area contributed by atoms with Crippen LogP contribution in [0.15, 0.2) is 72.8 Å². The molecule has 1 aliphatic rings. The van der Waals surface area contributed by atoms with Gasteiger partial charge in [0, 0.05) is 22.7 Å². The number of hydrogen-bond donors (Lipinski definition) is 0. The van der Waals surface area contributed by atoms with Crippen LogP contribution >= 0.6 is 11.6 Å². The van der Waals surface area contributed by atoms with Gasteiger partial charge in [-0.3, -0.25) is 4.79 Å². The second-order valence-corrected chi connectivity index (χ2v) is 6.82. The molecule has 2 nitrogen and oxygen atoms in total. The molecule has 0 bridgehead atoms. The lowest BCUT2D eigenvalue weighted by atomic mass is 9.87. The summed E-state index contributed by atoms with van der Waals surface area (Å²) < 4.78 is 14.6. The first-order valence-corrected chi connectivity index (χ1v) is 8.92. The lowest BCUT2D eigenvalue weighted by Gasteiger charge is -2.38. The third-order valence-corrected chi connectivity index (χ3v) is 5.05. The van der Waals surface area contributed by atoms with E-state index in [1.807, 2.05) is 24.3 Å². The summed E-state index contributed by atoms with van der Waals surface area (Å²) in [6.07, 6.45) is 0.743. The second kappa shape index (κ2) is 6.93. The number of hydrogen-bond acceptors (Lipinski definition) is 1. The summed E-state index contributed by atoms with van der Waals surface area (Å²) in [4.78, 5) is 14.9. The minimum Gasteiger partial charge on any atom is -0.327 e. The van der Waals surface area contributed by atoms with Crippen molar-refractivity contribution in [1.29, 1.82) is 0 Å². The summed E-state index contributed by atoms with van der Waals surface area (Å²) in [5.74, 6) is -0.451. The average Bonchev–Trinajstić information content (AvgIpc) is 2.67. The first-order chi connectivity index (χ1) is 12.6. The van der Waals surface area contributed by atoms with Crippen molar-refractivity contribution in [2.24, 2.45) is 0 Å². The van der Waals surface area contributed by atoms with E-state index >= 15 is 0 Å². The molecule has 1 aliphatic heterocycles. The smallest absolute Gasteiger partial charge is 0.254 e. The second-order valence-electron chi connectivity index (χ2n) is 6.38. The Bertz CT molecular complexity index is 972. The molecule has 26 heavy (non-hydrogen) atoms. The van der Waals surface area contributed by atoms with E-state index in [2.05, 4.69) is 0 Å². The van der Waals surface area contributed by atoms with Crippen molar-refractivity contribution in [3.05, 3.63) is 106 Å². The van der Waals surface area contributed by atoms with Crippen LogP contribution in [0.4, 0.5) is 4.39 Å². The number of fused-ring (bicyclic) bond motifs is 1. The van der Waals surface area contributed by atoms with E-state index in [1.165, 1.54) is 6.07 Å². The van der Waals surface area contributed by atoms with E-state index in [1.54, 1.807) is 47.4 Å². The Morgan fingerprint density at radius 2 is 1.69 bits per heavy atom. The number of nitrogens with zero attached hydrogens (tertiary/aromatic N) is 1. The van der Waals surface area contributed by atoms with Gasteiger partial charge in [0.05, 0.1) is 6.04 Å². The van der Waals surface area contributed by atoms with Crippen LogP contribution in [0.2, 0.25) is 5.02 Å². The fourth-order valence-corrected chi connectivity index (χ4v) is 3.80. The summed E-state index contributed by atoms with van der Waals surface area (Å²) >= 11 is 6.06. The molecule has 0 fully saturated rings. The van der Waals surface area contributed by atoms with Gasteiger partial charge in [-0.25, -0.2) is 4.39 Å². The number of rotatable bonds is 2. The van der Waals surface area contributed by atoms with Gasteiger partial charge < -0.3 is 4.90 Å². The summed E-state index contributed by atoms with van der Waals surface area (Å²) in [5.41, 5.74) is 3.14. The Morgan fingerprint density at radius 1 is 0.962 bits per heavy atom. The van der Waals surface area contributed by atoms with Crippen LogP contribution in [0.25, 0.3) is 0 Å². The molecule has 0 N–H and O–H groups in total. The quantitative estimate of drug-likeness (QED) is 0.606. The highest BCUT2D eigenvalue weighted by atomic mass is 35.5. The van der Waals surface area contributed by atoms with Crippen molar-refractivity contribution in [3.63, 3.8) is 0 Å². The Kier molecular flexibility index (Phi) is 4.48. The largest absolute Gasteiger partial charge is 0.327 e. The Balaban J connectivity index is 1.83. The molecule has 0 spiro atoms. The molecule has 0 unspecified atom stereocenters. The van der Waals surface area contributed by atoms with Crippen molar-refractivity contribution in [1.82, 2.24) is 4.90 Å². The third kappa shape index (κ3) is 2.99. The Labute approximate surface area is 156 Å². The van der Waals surface area contributed by atoms with E-state index in [0.29, 0.717) is 22.7 Å². The monoisotopic (exact) mass is 365 g/mol. The van der Waals surface area contributed by atoms with E-state index in [-0.39, 0.29) is 11.7 Å². The predicted molar refractivity (Wildman–Crippen MR) is 101 cm³/mol. The number of carbonyl (C=O) groups excluding carboxylic acids is 1. The lowest BCUT2D eigenvalue weighted by Crippen LogP contribution is -2.41. The highest BCUT2D eigenvalue weighted by Crippen LogP contribution is 2.37. The summed E-state index contributed by atoms with van der Waals surface area (Å²) in [6.45, 7) is 0.529. The van der Waals surface area contributed by atoms with Crippen molar-refractivity contribution in [2.75, 3.05) is 6.54 Å². The number of amides is 1. The van der Waals surface area contributed by atoms with Crippen molar-refractivity contribution in [2.45, 2.75) is 12.5 Å². The molecule has 1 amide bonds. The minimum atomic E-state index is -0.451. The van der Waals surface area contributed by atoms with Gasteiger partial charge in [-0.15, -0.1) is 0 Å². The van der Waals surface area contributed by atoms with Gasteiger partial charge in [0.2, 0.25) is 0 Å². The Morgan fingerprint density at radius 3 is 2.46 bits per heavy atom. The maximum Gasteiger partial charge on any atom is 0.254 e. The van der Waals surface area contributed by atoms with E-state index in [4.69, 9.17) is 11.6 Å². The average molecular weight is 366 g/mol. The number of halogens is 2. The fourth-order valence-electron chi connectivity index (χ4n) is 3.60. The predicted octanol–water partition coefficient (Wildman–Crippen LogP) is 5.27. The first kappa shape index (κ1) is 16.8. The van der Waals surface area contributed by atoms with Crippen molar-refractivity contribution in [3.8, 4) is 0 Å². The van der Waals surface area contributed by atoms with Crippen LogP contribution < -0.4 is 0 Å². The molecule has 0 aliphatic carbocycles. The maximum absolute atomic E-state index is 14.6. The van der Waals surface area contributed by atoms with Crippen LogP contribution in [-0.4, -0.2) is 17.4 Å². The molecule has 0 saturated carbocycles. The van der Waals surface area contributed by atoms with Gasteiger partial charge in [-0.05, 0) is 41.8 Å². The Hall–Kier alpha value is -2.65. The number of benzene rings is 3. The lowest BCUT2D eigenvalue weighted by molar-refractivity contribution is 0.0692. The molecule has 4 heteroatoms. The normalized spacial score (nSPS) is 16.2. The highest BCUT2D eigenvalue weighted by molar-refractivity contribution is 6.30. The molecule has 130 valence electrons. The van der Waals surface area contributed by atoms with Crippen molar-refractivity contribution < 1.29 is 9.18 Å². The SMILES string of the molecule is O=C(c1cccc(Cl)c1)N1CCc2ccccc2[C@H]1c1ccccc1F. The van der Waals surface area contributed by atoms with Gasteiger partial charge >= 0.3 is 0 Å². The van der Waals surface area contributed by atoms with E-state index in [9.17, 15) is 9.18 Å². The molecule has 0 radical (unpaired) electrons. The molecule has 1 atom stereocenters. The maximum atomic E-state index is 14.6. The van der Waals surface area contributed by atoms with Crippen LogP contribution in [0.5, 0.6) is 0 Å². The molecule has 0 aromatic heterocycles. The summed E-state index contributed by atoms with van der Waals surface area (Å²) in [7, 11) is 0. The van der Waals surface area contributed by atoms with Gasteiger partial charge in [0.25, 0.3) is 5.91 Å². The topological polar surface area (TPSA) is 20.3 Å². The van der Waals surface area contributed by atoms with Crippen LogP contribution in [0, 0.1) is 5.82 Å². The summed E-state index contributed by atoms with van der Waals surface area (Å²) in [5, 5.41) is 0.510. The zero-order valence-electron chi connectivity index (χ0n) is 14.0. The molecule has 0 saturated heterocycles. The zero-order valence-corrected chi connectivity index (χ0v) is 14.8. The number of carbonyl (C=O) groups is 1. The standard InChI is InChI=1S/C22H17ClFNO/c23-17-8-5-7-16(14-17)22(26)25-13-12-15-6-1-2-9-18(15)21(25)19-10-3-4-11-20(19)24/h1-11,14,21H,12-13H2/t21-/m0/s1. The minimum absolute atomic E-state index is 0.143. The van der Waals surface area contributed by atoms with Gasteiger partial charge in [0.1, 0.15) is 5.82 Å². The molecular weight excluding hydrogens is 349 g/mol. The summed E-state index contributed by atoms with van der Waals surface area (Å²) in [6, 6.07) is 21.0. The zero-order chi connectivity index (χ0) is 18.1. The first-order valence-electron chi connectivity index (χ1n) is 8.54. The van der Waals surface area contributed by atoms with Crippen molar-refractivity contribution >= 4 is 17.5 Å². The molecular formula is C22H17ClFNO. The van der Waals surface area contributed by atoms with E-state index < -0.39 is 6.04 Å². The van der Waals surface area contributed by atoms with Crippen LogP contribution in [-0.2, 0) is 6.42 Å². The molecule has 3 aromatic carbocycles. The highest BCUT2D eigenvalue weighted by Gasteiger charge is 2.33. The van der Waals surface area contributed by atoms with Gasteiger partial charge in [-0.1, -0.05) is 60.1 Å². The van der Waals surface area contributed by atoms with Crippen LogP contribution in [0.3, 0.4) is 0 Å².